The molecular formula is C20H18NO4-. The molecule has 0 radical (unpaired) electrons. The highest BCUT2D eigenvalue weighted by Gasteiger charge is 2.48. The molecule has 4 rings (SSSR count). The van der Waals surface area contributed by atoms with Crippen LogP contribution in [0.4, 0.5) is 5.69 Å². The molecule has 1 saturated carbocycles. The number of anilines is 1. The van der Waals surface area contributed by atoms with E-state index in [1.54, 1.807) is 6.07 Å². The number of carbonyl (C=O) groups excluding carboxylic acids is 2. The van der Waals surface area contributed by atoms with E-state index in [9.17, 15) is 14.7 Å². The van der Waals surface area contributed by atoms with Gasteiger partial charge in [-0.05, 0) is 49.4 Å². The van der Waals surface area contributed by atoms with E-state index in [2.05, 4.69) is 5.32 Å². The number of hydrogen-bond donors (Lipinski definition) is 1. The average Bonchev–Trinajstić information content (AvgIpc) is 3.30. The maximum atomic E-state index is 12.7. The summed E-state index contributed by atoms with van der Waals surface area (Å²) in [6.07, 6.45) is 4.56. The van der Waals surface area contributed by atoms with Gasteiger partial charge in [0.2, 0.25) is 5.91 Å². The minimum atomic E-state index is -1.14. The molecule has 1 aromatic carbocycles. The first kappa shape index (κ1) is 15.7. The quantitative estimate of drug-likeness (QED) is 0.869. The zero-order chi connectivity index (χ0) is 17.6. The van der Waals surface area contributed by atoms with Crippen LogP contribution in [0, 0.1) is 30.6 Å². The summed E-state index contributed by atoms with van der Waals surface area (Å²) < 4.78 is 5.61. The molecule has 2 aliphatic rings. The molecule has 1 heterocycles. The van der Waals surface area contributed by atoms with Gasteiger partial charge >= 0.3 is 0 Å². The number of rotatable bonds is 4. The van der Waals surface area contributed by atoms with Crippen LogP contribution in [0.15, 0.2) is 53.0 Å². The number of carboxylic acids is 1. The van der Waals surface area contributed by atoms with Gasteiger partial charge in [-0.25, -0.2) is 0 Å². The van der Waals surface area contributed by atoms with Crippen LogP contribution in [-0.2, 0) is 9.59 Å². The monoisotopic (exact) mass is 336 g/mol. The third-order valence-electron chi connectivity index (χ3n) is 5.19. The predicted octanol–water partition coefficient (Wildman–Crippen LogP) is 2.38. The molecule has 5 heteroatoms. The van der Waals surface area contributed by atoms with Crippen LogP contribution < -0.4 is 10.4 Å². The fourth-order valence-electron chi connectivity index (χ4n) is 4.07. The number of carbonyl (C=O) groups is 2. The van der Waals surface area contributed by atoms with Gasteiger partial charge in [-0.2, -0.15) is 0 Å². The molecule has 1 aromatic heterocycles. The van der Waals surface area contributed by atoms with Crippen LogP contribution in [0.3, 0.4) is 0 Å². The number of fused-ring (bicyclic) bond motifs is 2. The number of hydrogen-bond acceptors (Lipinski definition) is 4. The standard InChI is InChI=1S/C20H19NO4/c1-11-5-8-16(25-11)12-3-2-4-15(10-12)21-19(22)17-13-6-7-14(9-13)18(17)20(23)24/h2-8,10,13-14,17-18H,9H2,1H3,(H,21,22)(H,23,24)/p-1/t13-,14-,17-,18-/m1/s1. The first-order valence-corrected chi connectivity index (χ1v) is 8.40. The molecule has 2 aliphatic carbocycles. The zero-order valence-electron chi connectivity index (χ0n) is 13.8. The molecule has 25 heavy (non-hydrogen) atoms. The van der Waals surface area contributed by atoms with Crippen LogP contribution in [0.25, 0.3) is 11.3 Å². The molecule has 128 valence electrons. The lowest BCUT2D eigenvalue weighted by molar-refractivity contribution is -0.313. The number of nitrogens with one attached hydrogen (secondary N) is 1. The maximum Gasteiger partial charge on any atom is 0.228 e. The van der Waals surface area contributed by atoms with Crippen LogP contribution in [0.5, 0.6) is 0 Å². The zero-order valence-corrected chi connectivity index (χ0v) is 13.8. The van der Waals surface area contributed by atoms with Gasteiger partial charge < -0.3 is 19.6 Å². The van der Waals surface area contributed by atoms with Crippen molar-refractivity contribution in [3.8, 4) is 11.3 Å². The van der Waals surface area contributed by atoms with Gasteiger partial charge in [-0.15, -0.1) is 0 Å². The van der Waals surface area contributed by atoms with E-state index in [-0.39, 0.29) is 17.7 Å². The average molecular weight is 336 g/mol. The minimum absolute atomic E-state index is 0.0243. The van der Waals surface area contributed by atoms with Crippen molar-refractivity contribution in [1.82, 2.24) is 0 Å². The van der Waals surface area contributed by atoms with E-state index >= 15 is 0 Å². The molecule has 2 bridgehead atoms. The highest BCUT2D eigenvalue weighted by Crippen LogP contribution is 2.48. The van der Waals surface area contributed by atoms with Crippen LogP contribution in [0.2, 0.25) is 0 Å². The second-order valence-corrected chi connectivity index (χ2v) is 6.80. The molecule has 4 atom stereocenters. The minimum Gasteiger partial charge on any atom is -0.550 e. The van der Waals surface area contributed by atoms with E-state index in [0.29, 0.717) is 12.1 Å². The van der Waals surface area contributed by atoms with Crippen molar-refractivity contribution in [1.29, 1.82) is 0 Å². The number of furan rings is 1. The molecule has 5 nitrogen and oxygen atoms in total. The number of amides is 1. The second-order valence-electron chi connectivity index (χ2n) is 6.80. The first-order valence-electron chi connectivity index (χ1n) is 8.40. The summed E-state index contributed by atoms with van der Waals surface area (Å²) in [5.74, 6) is -1.30. The van der Waals surface area contributed by atoms with Crippen molar-refractivity contribution in [3.63, 3.8) is 0 Å². The van der Waals surface area contributed by atoms with Gasteiger partial charge in [-0.1, -0.05) is 24.3 Å². The fourth-order valence-corrected chi connectivity index (χ4v) is 4.07. The van der Waals surface area contributed by atoms with Crippen molar-refractivity contribution in [2.75, 3.05) is 5.32 Å². The Labute approximate surface area is 145 Å². The number of aliphatic carboxylic acids is 1. The maximum absolute atomic E-state index is 12.7. The van der Waals surface area contributed by atoms with Gasteiger partial charge in [-0.3, -0.25) is 4.79 Å². The fraction of sp³-hybridized carbons (Fsp3) is 0.300. The summed E-state index contributed by atoms with van der Waals surface area (Å²) in [7, 11) is 0. The van der Waals surface area contributed by atoms with E-state index in [4.69, 9.17) is 4.42 Å². The largest absolute Gasteiger partial charge is 0.550 e. The Bertz CT molecular complexity index is 866. The molecular weight excluding hydrogens is 318 g/mol. The van der Waals surface area contributed by atoms with Crippen molar-refractivity contribution < 1.29 is 19.1 Å². The Morgan fingerprint density at radius 1 is 1.12 bits per heavy atom. The summed E-state index contributed by atoms with van der Waals surface area (Å²) >= 11 is 0. The highest BCUT2D eigenvalue weighted by molar-refractivity contribution is 5.96. The molecule has 2 aromatic rings. The smallest absolute Gasteiger partial charge is 0.228 e. The number of aryl methyl sites for hydroxylation is 1. The van der Waals surface area contributed by atoms with E-state index in [1.165, 1.54) is 0 Å². The van der Waals surface area contributed by atoms with Gasteiger partial charge in [0.05, 0.1) is 5.92 Å². The molecule has 1 N–H and O–H groups in total. The SMILES string of the molecule is Cc1ccc(-c2cccc(NC(=O)[C@H]3[C@H](C(=O)[O-])[C@@H]4C=C[C@@H]3C4)c2)o1. The summed E-state index contributed by atoms with van der Waals surface area (Å²) in [5.41, 5.74) is 1.48. The Kier molecular flexibility index (Phi) is 3.71. The van der Waals surface area contributed by atoms with Crippen LogP contribution in [-0.4, -0.2) is 11.9 Å². The highest BCUT2D eigenvalue weighted by atomic mass is 16.4. The normalized spacial score (nSPS) is 26.8. The molecule has 1 amide bonds. The van der Waals surface area contributed by atoms with Crippen LogP contribution in [0.1, 0.15) is 12.2 Å². The molecule has 0 spiro atoms. The topological polar surface area (TPSA) is 82.4 Å². The van der Waals surface area contributed by atoms with Gasteiger partial charge in [0, 0.05) is 23.1 Å². The summed E-state index contributed by atoms with van der Waals surface area (Å²) in [5, 5.41) is 14.3. The van der Waals surface area contributed by atoms with Crippen LogP contribution >= 0.6 is 0 Å². The molecule has 0 aliphatic heterocycles. The van der Waals surface area contributed by atoms with Gasteiger partial charge in [0.1, 0.15) is 11.5 Å². The predicted molar refractivity (Wildman–Crippen MR) is 90.2 cm³/mol. The van der Waals surface area contributed by atoms with E-state index in [0.717, 1.165) is 17.1 Å². The second kappa shape index (κ2) is 5.92. The Balaban J connectivity index is 1.55. The summed E-state index contributed by atoms with van der Waals surface area (Å²) in [6.45, 7) is 1.87. The van der Waals surface area contributed by atoms with Crippen molar-refractivity contribution >= 4 is 17.6 Å². The van der Waals surface area contributed by atoms with Crippen molar-refractivity contribution in [3.05, 3.63) is 54.3 Å². The lowest BCUT2D eigenvalue weighted by atomic mass is 9.82. The summed E-state index contributed by atoms with van der Waals surface area (Å²) in [6, 6.07) is 11.1. The molecule has 0 unspecified atom stereocenters. The van der Waals surface area contributed by atoms with Crippen molar-refractivity contribution in [2.45, 2.75) is 13.3 Å². The number of carboxylic acid groups (broad SMARTS) is 1. The number of allylic oxidation sites excluding steroid dienone is 2. The Hall–Kier alpha value is -2.82. The lowest BCUT2D eigenvalue weighted by Gasteiger charge is -2.27. The lowest BCUT2D eigenvalue weighted by Crippen LogP contribution is -2.42. The molecule has 1 fully saturated rings. The first-order chi connectivity index (χ1) is 12.0. The summed E-state index contributed by atoms with van der Waals surface area (Å²) in [4.78, 5) is 24.2. The third kappa shape index (κ3) is 2.76. The Morgan fingerprint density at radius 2 is 1.88 bits per heavy atom. The number of benzene rings is 1. The van der Waals surface area contributed by atoms with Crippen molar-refractivity contribution in [2.24, 2.45) is 23.7 Å². The molecule has 0 saturated heterocycles. The van der Waals surface area contributed by atoms with Gasteiger partial charge in [0.25, 0.3) is 0 Å². The Morgan fingerprint density at radius 3 is 2.56 bits per heavy atom. The van der Waals surface area contributed by atoms with E-state index in [1.807, 2.05) is 49.4 Å². The third-order valence-corrected chi connectivity index (χ3v) is 5.19. The van der Waals surface area contributed by atoms with E-state index < -0.39 is 17.8 Å². The van der Waals surface area contributed by atoms with Gasteiger partial charge in [0.15, 0.2) is 0 Å².